The van der Waals surface area contributed by atoms with E-state index >= 15 is 0 Å². The Balaban J connectivity index is 2.68. The van der Waals surface area contributed by atoms with Gasteiger partial charge in [0.2, 0.25) is 0 Å². The quantitative estimate of drug-likeness (QED) is 0.751. The smallest absolute Gasteiger partial charge is 0.188 e. The van der Waals surface area contributed by atoms with Gasteiger partial charge in [-0.1, -0.05) is 12.1 Å². The molecule has 100 valence electrons. The molecule has 0 aliphatic carbocycles. The highest BCUT2D eigenvalue weighted by Gasteiger charge is 2.14. The minimum absolute atomic E-state index is 0.0286. The van der Waals surface area contributed by atoms with Crippen molar-refractivity contribution in [1.29, 1.82) is 0 Å². The van der Waals surface area contributed by atoms with Gasteiger partial charge in [0.1, 0.15) is 12.4 Å². The summed E-state index contributed by atoms with van der Waals surface area (Å²) in [4.78, 5) is 11.9. The fourth-order valence-corrected chi connectivity index (χ4v) is 1.38. The van der Waals surface area contributed by atoms with E-state index in [-0.39, 0.29) is 24.1 Å². The molecule has 0 aliphatic rings. The van der Waals surface area contributed by atoms with E-state index in [0.29, 0.717) is 11.3 Å². The zero-order valence-corrected chi connectivity index (χ0v) is 11.8. The normalized spacial score (nSPS) is 11.7. The average Bonchev–Trinajstić information content (AvgIpc) is 2.24. The number of hydrogen-bond donors (Lipinski definition) is 0. The monoisotopic (exact) mass is 250 g/mol. The minimum atomic E-state index is -0.304. The minimum Gasteiger partial charge on any atom is -0.491 e. The summed E-state index contributed by atoms with van der Waals surface area (Å²) in [6, 6.07) is 7.21. The summed E-state index contributed by atoms with van der Waals surface area (Å²) >= 11 is 0. The van der Waals surface area contributed by atoms with Crippen molar-refractivity contribution in [2.24, 2.45) is 0 Å². The molecule has 18 heavy (non-hydrogen) atoms. The SMILES string of the molecule is CC(C)Oc1cccc(C(=O)COC(C)(C)C)c1. The second-order valence-corrected chi connectivity index (χ2v) is 5.52. The van der Waals surface area contributed by atoms with Gasteiger partial charge in [-0.2, -0.15) is 0 Å². The zero-order valence-electron chi connectivity index (χ0n) is 11.8. The largest absolute Gasteiger partial charge is 0.491 e. The average molecular weight is 250 g/mol. The highest BCUT2D eigenvalue weighted by Crippen LogP contribution is 2.16. The molecule has 0 aromatic heterocycles. The Bertz CT molecular complexity index is 402. The standard InChI is InChI=1S/C15H22O3/c1-11(2)18-13-8-6-7-12(9-13)14(16)10-17-15(3,4)5/h6-9,11H,10H2,1-5H3. The van der Waals surface area contributed by atoms with Crippen molar-refractivity contribution in [2.75, 3.05) is 6.61 Å². The van der Waals surface area contributed by atoms with Gasteiger partial charge < -0.3 is 9.47 Å². The van der Waals surface area contributed by atoms with Crippen molar-refractivity contribution in [3.8, 4) is 5.75 Å². The summed E-state index contributed by atoms with van der Waals surface area (Å²) in [5, 5.41) is 0. The van der Waals surface area contributed by atoms with E-state index in [1.807, 2.05) is 46.8 Å². The third-order valence-corrected chi connectivity index (χ3v) is 2.16. The van der Waals surface area contributed by atoms with E-state index < -0.39 is 0 Å². The summed E-state index contributed by atoms with van der Waals surface area (Å²) < 4.78 is 11.0. The lowest BCUT2D eigenvalue weighted by Gasteiger charge is -2.19. The van der Waals surface area contributed by atoms with Gasteiger partial charge in [-0.3, -0.25) is 4.79 Å². The van der Waals surface area contributed by atoms with Crippen molar-refractivity contribution >= 4 is 5.78 Å². The number of Topliss-reactive ketones (excluding diaryl/α,β-unsaturated/α-hetero) is 1. The van der Waals surface area contributed by atoms with Crippen molar-refractivity contribution in [3.05, 3.63) is 29.8 Å². The molecule has 0 aliphatic heterocycles. The first-order valence-electron chi connectivity index (χ1n) is 6.22. The maximum atomic E-state index is 11.9. The van der Waals surface area contributed by atoms with Crippen LogP contribution in [0.4, 0.5) is 0 Å². The van der Waals surface area contributed by atoms with Crippen molar-refractivity contribution in [2.45, 2.75) is 46.3 Å². The number of carbonyl (C=O) groups is 1. The van der Waals surface area contributed by atoms with E-state index in [0.717, 1.165) is 0 Å². The summed E-state index contributed by atoms with van der Waals surface area (Å²) in [7, 11) is 0. The highest BCUT2D eigenvalue weighted by molar-refractivity contribution is 5.97. The van der Waals surface area contributed by atoms with Gasteiger partial charge in [0.15, 0.2) is 5.78 Å². The van der Waals surface area contributed by atoms with Crippen LogP contribution in [0, 0.1) is 0 Å². The maximum Gasteiger partial charge on any atom is 0.188 e. The molecule has 0 heterocycles. The van der Waals surface area contributed by atoms with Crippen LogP contribution in [0.15, 0.2) is 24.3 Å². The van der Waals surface area contributed by atoms with Crippen molar-refractivity contribution < 1.29 is 14.3 Å². The second kappa shape index (κ2) is 6.01. The molecule has 1 aromatic carbocycles. The predicted molar refractivity (Wildman–Crippen MR) is 72.2 cm³/mol. The summed E-state index contributed by atoms with van der Waals surface area (Å²) in [5.41, 5.74) is 0.319. The van der Waals surface area contributed by atoms with Gasteiger partial charge >= 0.3 is 0 Å². The molecule has 0 spiro atoms. The lowest BCUT2D eigenvalue weighted by Crippen LogP contribution is -2.23. The van der Waals surface area contributed by atoms with Crippen molar-refractivity contribution in [3.63, 3.8) is 0 Å². The molecule has 0 amide bonds. The van der Waals surface area contributed by atoms with Crippen LogP contribution in [0.1, 0.15) is 45.0 Å². The first-order valence-corrected chi connectivity index (χ1v) is 6.22. The Morgan fingerprint density at radius 1 is 1.28 bits per heavy atom. The summed E-state index contributed by atoms with van der Waals surface area (Å²) in [6.45, 7) is 9.79. The molecule has 0 N–H and O–H groups in total. The van der Waals surface area contributed by atoms with Gasteiger partial charge in [0.05, 0.1) is 11.7 Å². The van der Waals surface area contributed by atoms with Crippen LogP contribution in [0.2, 0.25) is 0 Å². The van der Waals surface area contributed by atoms with E-state index in [1.54, 1.807) is 12.1 Å². The maximum absolute atomic E-state index is 11.9. The van der Waals surface area contributed by atoms with E-state index in [9.17, 15) is 4.79 Å². The molecule has 0 unspecified atom stereocenters. The lowest BCUT2D eigenvalue weighted by molar-refractivity contribution is 0.00305. The Morgan fingerprint density at radius 3 is 2.50 bits per heavy atom. The third-order valence-electron chi connectivity index (χ3n) is 2.16. The first-order chi connectivity index (χ1) is 8.28. The summed E-state index contributed by atoms with van der Waals surface area (Å²) in [6.07, 6.45) is 0.0983. The van der Waals surface area contributed by atoms with Crippen LogP contribution < -0.4 is 4.74 Å². The van der Waals surface area contributed by atoms with Crippen LogP contribution in [0.5, 0.6) is 5.75 Å². The second-order valence-electron chi connectivity index (χ2n) is 5.52. The molecule has 1 rings (SSSR count). The molecule has 0 radical (unpaired) electrons. The number of hydrogen-bond acceptors (Lipinski definition) is 3. The Kier molecular flexibility index (Phi) is 4.91. The lowest BCUT2D eigenvalue weighted by atomic mass is 10.1. The molecule has 0 bridgehead atoms. The van der Waals surface area contributed by atoms with Gasteiger partial charge in [0, 0.05) is 5.56 Å². The van der Waals surface area contributed by atoms with E-state index in [2.05, 4.69) is 0 Å². The fourth-order valence-electron chi connectivity index (χ4n) is 1.38. The molecular formula is C15H22O3. The number of rotatable bonds is 5. The number of ketones is 1. The fraction of sp³-hybridized carbons (Fsp3) is 0.533. The van der Waals surface area contributed by atoms with Gasteiger partial charge in [0.25, 0.3) is 0 Å². The van der Waals surface area contributed by atoms with Crippen LogP contribution >= 0.6 is 0 Å². The molecule has 3 heteroatoms. The Hall–Kier alpha value is -1.35. The van der Waals surface area contributed by atoms with Crippen LogP contribution in [0.25, 0.3) is 0 Å². The van der Waals surface area contributed by atoms with E-state index in [1.165, 1.54) is 0 Å². The Morgan fingerprint density at radius 2 is 1.94 bits per heavy atom. The highest BCUT2D eigenvalue weighted by atomic mass is 16.5. The molecule has 3 nitrogen and oxygen atoms in total. The Labute approximate surface area is 109 Å². The van der Waals surface area contributed by atoms with Crippen molar-refractivity contribution in [1.82, 2.24) is 0 Å². The molecule has 1 aromatic rings. The number of ether oxygens (including phenoxy) is 2. The summed E-state index contributed by atoms with van der Waals surface area (Å²) in [5.74, 6) is 0.686. The van der Waals surface area contributed by atoms with Crippen LogP contribution in [0.3, 0.4) is 0 Å². The van der Waals surface area contributed by atoms with Gasteiger partial charge in [-0.25, -0.2) is 0 Å². The first kappa shape index (κ1) is 14.7. The number of benzene rings is 1. The van der Waals surface area contributed by atoms with Gasteiger partial charge in [-0.05, 0) is 46.8 Å². The molecule has 0 saturated heterocycles. The third kappa shape index (κ3) is 5.32. The molecule has 0 atom stereocenters. The van der Waals surface area contributed by atoms with Gasteiger partial charge in [-0.15, -0.1) is 0 Å². The van der Waals surface area contributed by atoms with E-state index in [4.69, 9.17) is 9.47 Å². The number of carbonyl (C=O) groups excluding carboxylic acids is 1. The molecule has 0 fully saturated rings. The topological polar surface area (TPSA) is 35.5 Å². The molecular weight excluding hydrogens is 228 g/mol. The van der Waals surface area contributed by atoms with Crippen LogP contribution in [-0.2, 0) is 4.74 Å². The predicted octanol–water partition coefficient (Wildman–Crippen LogP) is 3.47. The van der Waals surface area contributed by atoms with Crippen LogP contribution in [-0.4, -0.2) is 24.1 Å². The zero-order chi connectivity index (χ0) is 13.8. The molecule has 0 saturated carbocycles.